The first-order valence-electron chi connectivity index (χ1n) is 10.9. The Morgan fingerprint density at radius 3 is 2.77 bits per heavy atom. The number of aryl methyl sites for hydroxylation is 1. The Kier molecular flexibility index (Phi) is 6.35. The number of aromatic nitrogens is 1. The zero-order valence-corrected chi connectivity index (χ0v) is 17.9. The first-order chi connectivity index (χ1) is 14.6. The molecule has 0 aliphatic carbocycles. The Morgan fingerprint density at radius 1 is 1.20 bits per heavy atom. The van der Waals surface area contributed by atoms with Crippen molar-refractivity contribution in [2.75, 3.05) is 37.6 Å². The number of pyridine rings is 1. The van der Waals surface area contributed by atoms with Gasteiger partial charge in [0.15, 0.2) is 0 Å². The van der Waals surface area contributed by atoms with E-state index in [0.29, 0.717) is 11.6 Å². The number of allylic oxidation sites excluding steroid dienone is 1. The normalized spacial score (nSPS) is 17.3. The van der Waals surface area contributed by atoms with Gasteiger partial charge in [-0.2, -0.15) is 0 Å². The third-order valence-electron chi connectivity index (χ3n) is 6.41. The Morgan fingerprint density at radius 2 is 2.03 bits per heavy atom. The zero-order valence-electron chi connectivity index (χ0n) is 17.9. The summed E-state index contributed by atoms with van der Waals surface area (Å²) in [6.45, 7) is 19.7. The fourth-order valence-electron chi connectivity index (χ4n) is 4.54. The van der Waals surface area contributed by atoms with Gasteiger partial charge >= 0.3 is 0 Å². The molecule has 1 aromatic carbocycles. The fraction of sp³-hybridized carbons (Fsp3) is 0.440. The van der Waals surface area contributed by atoms with E-state index in [1.807, 2.05) is 12.1 Å². The van der Waals surface area contributed by atoms with Crippen LogP contribution >= 0.6 is 0 Å². The maximum Gasteiger partial charge on any atom is 0.205 e. The Labute approximate surface area is 180 Å². The monoisotopic (exact) mass is 401 g/mol. The molecule has 4 rings (SSSR count). The number of rotatable bonds is 6. The van der Waals surface area contributed by atoms with E-state index in [9.17, 15) is 0 Å². The Balaban J connectivity index is 1.19. The molecular weight excluding hydrogens is 370 g/mol. The topological polar surface area (TPSA) is 35.8 Å². The van der Waals surface area contributed by atoms with Crippen LogP contribution in [0.3, 0.4) is 0 Å². The summed E-state index contributed by atoms with van der Waals surface area (Å²) in [4.78, 5) is 12.7. The van der Waals surface area contributed by atoms with Gasteiger partial charge < -0.3 is 10.2 Å². The minimum Gasteiger partial charge on any atom is -0.387 e. The van der Waals surface area contributed by atoms with Gasteiger partial charge in [0.05, 0.1) is 6.57 Å². The highest BCUT2D eigenvalue weighted by molar-refractivity contribution is 5.49. The minimum atomic E-state index is 0.522. The van der Waals surface area contributed by atoms with Gasteiger partial charge in [-0.05, 0) is 43.4 Å². The van der Waals surface area contributed by atoms with Gasteiger partial charge in [0, 0.05) is 57.1 Å². The highest BCUT2D eigenvalue weighted by atomic mass is 15.2. The molecule has 30 heavy (non-hydrogen) atoms. The summed E-state index contributed by atoms with van der Waals surface area (Å²) in [5.41, 5.74) is 6.14. The molecule has 1 fully saturated rings. The molecule has 2 aromatic rings. The van der Waals surface area contributed by atoms with E-state index >= 15 is 0 Å². The predicted molar refractivity (Wildman–Crippen MR) is 123 cm³/mol. The lowest BCUT2D eigenvalue weighted by Gasteiger charge is -2.34. The summed E-state index contributed by atoms with van der Waals surface area (Å²) in [6.07, 6.45) is 5.00. The molecule has 0 amide bonds. The molecule has 5 nitrogen and oxygen atoms in total. The van der Waals surface area contributed by atoms with Crippen molar-refractivity contribution in [2.45, 2.75) is 32.7 Å². The van der Waals surface area contributed by atoms with Crippen molar-refractivity contribution >= 4 is 11.5 Å². The molecule has 2 aliphatic heterocycles. The maximum atomic E-state index is 7.04. The lowest BCUT2D eigenvalue weighted by atomic mass is 9.94. The van der Waals surface area contributed by atoms with Crippen molar-refractivity contribution in [1.29, 1.82) is 0 Å². The van der Waals surface area contributed by atoms with E-state index < -0.39 is 0 Å². The van der Waals surface area contributed by atoms with Crippen molar-refractivity contribution in [3.8, 4) is 0 Å². The average Bonchev–Trinajstić information content (AvgIpc) is 2.79. The van der Waals surface area contributed by atoms with E-state index in [-0.39, 0.29) is 0 Å². The lowest BCUT2D eigenvalue weighted by Crippen LogP contribution is -2.39. The smallest absolute Gasteiger partial charge is 0.205 e. The molecule has 1 saturated heterocycles. The number of benzene rings is 1. The molecule has 0 radical (unpaired) electrons. The number of piperidine rings is 1. The molecule has 2 aliphatic rings. The first kappa shape index (κ1) is 20.4. The summed E-state index contributed by atoms with van der Waals surface area (Å²) in [7, 11) is 0. The standard InChI is InChI=1S/C25H31N5/c1-19-4-5-23-18-29(12-8-22(23)16-19)15-11-27-20(2)21-9-13-30(14-10-21)25-7-6-24(26-3)17-28-25/h4-7,16-17,21,27H,2,8-15,18H2,1H3. The molecule has 0 saturated carbocycles. The Bertz CT molecular complexity index is 920. The molecule has 3 heterocycles. The zero-order chi connectivity index (χ0) is 20.9. The molecule has 5 heteroatoms. The number of nitrogens with zero attached hydrogens (tertiary/aromatic N) is 4. The van der Waals surface area contributed by atoms with Crippen LogP contribution in [0.4, 0.5) is 11.5 Å². The molecule has 0 atom stereocenters. The number of fused-ring (bicyclic) bond motifs is 1. The third kappa shape index (κ3) is 4.83. The molecule has 0 spiro atoms. The van der Waals surface area contributed by atoms with Crippen molar-refractivity contribution in [3.63, 3.8) is 0 Å². The van der Waals surface area contributed by atoms with Crippen molar-refractivity contribution < 1.29 is 0 Å². The number of hydrogen-bond acceptors (Lipinski definition) is 4. The van der Waals surface area contributed by atoms with Gasteiger partial charge in [-0.3, -0.25) is 9.88 Å². The van der Waals surface area contributed by atoms with Crippen molar-refractivity contribution in [1.82, 2.24) is 15.2 Å². The summed E-state index contributed by atoms with van der Waals surface area (Å²) in [5.74, 6) is 1.49. The van der Waals surface area contributed by atoms with Crippen LogP contribution in [0, 0.1) is 19.4 Å². The van der Waals surface area contributed by atoms with Crippen LogP contribution in [0.2, 0.25) is 0 Å². The molecule has 156 valence electrons. The van der Waals surface area contributed by atoms with Crippen LogP contribution < -0.4 is 10.2 Å². The van der Waals surface area contributed by atoms with Crippen LogP contribution in [0.15, 0.2) is 48.8 Å². The largest absolute Gasteiger partial charge is 0.387 e. The van der Waals surface area contributed by atoms with E-state index in [4.69, 9.17) is 6.57 Å². The van der Waals surface area contributed by atoms with E-state index in [1.165, 1.54) is 22.4 Å². The second-order valence-corrected chi connectivity index (χ2v) is 8.50. The summed E-state index contributed by atoms with van der Waals surface area (Å²) >= 11 is 0. The van der Waals surface area contributed by atoms with E-state index in [0.717, 1.165) is 64.3 Å². The van der Waals surface area contributed by atoms with Gasteiger partial charge in [-0.15, -0.1) is 0 Å². The van der Waals surface area contributed by atoms with Gasteiger partial charge in [-0.25, -0.2) is 4.85 Å². The van der Waals surface area contributed by atoms with Crippen molar-refractivity contribution in [3.05, 3.63) is 76.9 Å². The van der Waals surface area contributed by atoms with E-state index in [1.54, 1.807) is 6.20 Å². The van der Waals surface area contributed by atoms with Crippen LogP contribution in [0.5, 0.6) is 0 Å². The van der Waals surface area contributed by atoms with Crippen LogP contribution in [0.25, 0.3) is 4.85 Å². The van der Waals surface area contributed by atoms with Crippen LogP contribution in [-0.2, 0) is 13.0 Å². The molecule has 0 unspecified atom stereocenters. The van der Waals surface area contributed by atoms with Crippen LogP contribution in [0.1, 0.15) is 29.5 Å². The van der Waals surface area contributed by atoms with E-state index in [2.05, 4.69) is 56.6 Å². The SMILES string of the molecule is [C-]#[N+]c1ccc(N2CCC(C(=C)NCCN3CCc4cc(C)ccc4C3)CC2)nc1. The van der Waals surface area contributed by atoms with Gasteiger partial charge in [0.2, 0.25) is 5.69 Å². The molecule has 1 N–H and O–H groups in total. The number of nitrogens with one attached hydrogen (secondary N) is 1. The van der Waals surface area contributed by atoms with Gasteiger partial charge in [0.1, 0.15) is 5.82 Å². The minimum absolute atomic E-state index is 0.522. The second-order valence-electron chi connectivity index (χ2n) is 8.50. The summed E-state index contributed by atoms with van der Waals surface area (Å²) in [6, 6.07) is 10.7. The average molecular weight is 402 g/mol. The van der Waals surface area contributed by atoms with Gasteiger partial charge in [0.25, 0.3) is 0 Å². The highest BCUT2D eigenvalue weighted by Crippen LogP contribution is 2.26. The number of hydrogen-bond donors (Lipinski definition) is 1. The van der Waals surface area contributed by atoms with Crippen molar-refractivity contribution in [2.24, 2.45) is 5.92 Å². The predicted octanol–water partition coefficient (Wildman–Crippen LogP) is 4.32. The second kappa shape index (κ2) is 9.32. The Hall–Kier alpha value is -2.84. The molecule has 0 bridgehead atoms. The van der Waals surface area contributed by atoms with Crippen LogP contribution in [-0.4, -0.2) is 42.6 Å². The summed E-state index contributed by atoms with van der Waals surface area (Å²) < 4.78 is 0. The lowest BCUT2D eigenvalue weighted by molar-refractivity contribution is 0.254. The first-order valence-corrected chi connectivity index (χ1v) is 10.9. The molecule has 1 aromatic heterocycles. The van der Waals surface area contributed by atoms with Gasteiger partial charge in [-0.1, -0.05) is 36.4 Å². The highest BCUT2D eigenvalue weighted by Gasteiger charge is 2.22. The number of anilines is 1. The maximum absolute atomic E-state index is 7.04. The molecular formula is C25H31N5. The quantitative estimate of drug-likeness (QED) is 0.732. The summed E-state index contributed by atoms with van der Waals surface area (Å²) in [5, 5.41) is 3.60. The fourth-order valence-corrected chi connectivity index (χ4v) is 4.54. The third-order valence-corrected chi connectivity index (χ3v) is 6.41.